The molecule has 4 aromatic rings. The summed E-state index contributed by atoms with van der Waals surface area (Å²) in [5, 5.41) is 9.07. The van der Waals surface area contributed by atoms with Crippen LogP contribution >= 0.6 is 0 Å². The van der Waals surface area contributed by atoms with Crippen LogP contribution in [0.3, 0.4) is 0 Å². The zero-order valence-electron chi connectivity index (χ0n) is 19.9. The van der Waals surface area contributed by atoms with E-state index in [1.165, 1.54) is 0 Å². The van der Waals surface area contributed by atoms with Crippen LogP contribution in [-0.4, -0.2) is 31.5 Å². The third-order valence-corrected chi connectivity index (χ3v) is 5.30. The standard InChI is InChI=1S/C29H25NO6/c1-33-24-14-16-26(17-15-24)36-25-12-10-23(11-13-25)30-18-22-4-3-5-27(34-2)28(22)35-19-20-6-8-21(9-7-20)29(31)32/h3-18H,19H2,1-2H3,(H,31,32). The van der Waals surface area contributed by atoms with Gasteiger partial charge in [-0.3, -0.25) is 4.99 Å². The van der Waals surface area contributed by atoms with Gasteiger partial charge in [0.15, 0.2) is 11.5 Å². The SMILES string of the molecule is COc1ccc(Oc2ccc(N=Cc3cccc(OC)c3OCc3ccc(C(=O)O)cc3)cc2)cc1. The predicted molar refractivity (Wildman–Crippen MR) is 137 cm³/mol. The Morgan fingerprint density at radius 2 is 1.44 bits per heavy atom. The molecule has 0 saturated carbocycles. The summed E-state index contributed by atoms with van der Waals surface area (Å²) >= 11 is 0. The lowest BCUT2D eigenvalue weighted by atomic mass is 10.1. The molecule has 0 aliphatic rings. The van der Waals surface area contributed by atoms with Gasteiger partial charge in [-0.05, 0) is 78.4 Å². The number of carboxylic acid groups (broad SMARTS) is 1. The molecule has 0 unspecified atom stereocenters. The number of para-hydroxylation sites is 1. The number of hydrogen-bond donors (Lipinski definition) is 1. The maximum atomic E-state index is 11.1. The number of nitrogens with zero attached hydrogens (tertiary/aromatic N) is 1. The van der Waals surface area contributed by atoms with Gasteiger partial charge < -0.3 is 24.1 Å². The van der Waals surface area contributed by atoms with Crippen LogP contribution in [0.1, 0.15) is 21.5 Å². The number of aliphatic imine (C=N–C) groups is 1. The van der Waals surface area contributed by atoms with Gasteiger partial charge in [-0.15, -0.1) is 0 Å². The fourth-order valence-electron chi connectivity index (χ4n) is 3.37. The normalized spacial score (nSPS) is 10.7. The van der Waals surface area contributed by atoms with Gasteiger partial charge in [0.25, 0.3) is 0 Å². The lowest BCUT2D eigenvalue weighted by Crippen LogP contribution is -2.02. The van der Waals surface area contributed by atoms with Crippen molar-refractivity contribution in [1.29, 1.82) is 0 Å². The van der Waals surface area contributed by atoms with Crippen molar-refractivity contribution >= 4 is 17.9 Å². The molecular formula is C29H25NO6. The van der Waals surface area contributed by atoms with Gasteiger partial charge in [0.1, 0.15) is 23.9 Å². The molecule has 0 spiro atoms. The Bertz CT molecular complexity index is 1330. The summed E-state index contributed by atoms with van der Waals surface area (Å²) in [5.41, 5.74) is 2.55. The largest absolute Gasteiger partial charge is 0.497 e. The molecule has 0 aliphatic heterocycles. The average Bonchev–Trinajstić information content (AvgIpc) is 2.92. The third kappa shape index (κ3) is 6.21. The highest BCUT2D eigenvalue weighted by Crippen LogP contribution is 2.32. The molecule has 7 nitrogen and oxygen atoms in total. The molecule has 0 aliphatic carbocycles. The summed E-state index contributed by atoms with van der Waals surface area (Å²) in [7, 11) is 3.20. The number of ether oxygens (including phenoxy) is 4. The van der Waals surface area contributed by atoms with E-state index in [4.69, 9.17) is 24.1 Å². The average molecular weight is 484 g/mol. The molecule has 0 amide bonds. The van der Waals surface area contributed by atoms with Crippen molar-refractivity contribution in [1.82, 2.24) is 0 Å². The molecule has 182 valence electrons. The van der Waals surface area contributed by atoms with Crippen molar-refractivity contribution in [2.75, 3.05) is 14.2 Å². The van der Waals surface area contributed by atoms with Crippen LogP contribution in [0.2, 0.25) is 0 Å². The van der Waals surface area contributed by atoms with Crippen molar-refractivity contribution in [3.8, 4) is 28.7 Å². The van der Waals surface area contributed by atoms with Crippen molar-refractivity contribution in [3.05, 3.63) is 108 Å². The molecule has 0 atom stereocenters. The number of carboxylic acids is 1. The second-order valence-corrected chi connectivity index (χ2v) is 7.70. The third-order valence-electron chi connectivity index (χ3n) is 5.30. The first kappa shape index (κ1) is 24.3. The Morgan fingerprint density at radius 3 is 2.06 bits per heavy atom. The van der Waals surface area contributed by atoms with Gasteiger partial charge in [0.2, 0.25) is 0 Å². The molecule has 0 aromatic heterocycles. The quantitative estimate of drug-likeness (QED) is 0.258. The van der Waals surface area contributed by atoms with Crippen LogP contribution in [0.25, 0.3) is 0 Å². The van der Waals surface area contributed by atoms with Crippen LogP contribution < -0.4 is 18.9 Å². The number of carbonyl (C=O) groups is 1. The number of methoxy groups -OCH3 is 2. The van der Waals surface area contributed by atoms with E-state index in [-0.39, 0.29) is 12.2 Å². The highest BCUT2D eigenvalue weighted by Gasteiger charge is 2.10. The van der Waals surface area contributed by atoms with E-state index in [0.717, 1.165) is 22.6 Å². The van der Waals surface area contributed by atoms with Crippen LogP contribution in [0.5, 0.6) is 28.7 Å². The molecule has 0 radical (unpaired) electrons. The summed E-state index contributed by atoms with van der Waals surface area (Å²) in [6, 6.07) is 26.9. The highest BCUT2D eigenvalue weighted by molar-refractivity contribution is 5.88. The molecule has 36 heavy (non-hydrogen) atoms. The second-order valence-electron chi connectivity index (χ2n) is 7.70. The summed E-state index contributed by atoms with van der Waals surface area (Å²) in [6.07, 6.45) is 1.71. The Morgan fingerprint density at radius 1 is 0.806 bits per heavy atom. The van der Waals surface area contributed by atoms with Gasteiger partial charge in [-0.2, -0.15) is 0 Å². The van der Waals surface area contributed by atoms with E-state index >= 15 is 0 Å². The lowest BCUT2D eigenvalue weighted by molar-refractivity contribution is 0.0697. The minimum absolute atomic E-state index is 0.226. The van der Waals surface area contributed by atoms with Gasteiger partial charge in [0.05, 0.1) is 25.5 Å². The molecule has 1 N–H and O–H groups in total. The van der Waals surface area contributed by atoms with Crippen LogP contribution in [0.15, 0.2) is 96.0 Å². The first-order chi connectivity index (χ1) is 17.6. The van der Waals surface area contributed by atoms with Crippen LogP contribution in [0.4, 0.5) is 5.69 Å². The van der Waals surface area contributed by atoms with Crippen molar-refractivity contribution in [2.45, 2.75) is 6.61 Å². The topological polar surface area (TPSA) is 86.6 Å². The summed E-state index contributed by atoms with van der Waals surface area (Å²) in [4.78, 5) is 15.6. The summed E-state index contributed by atoms with van der Waals surface area (Å²) < 4.78 is 22.5. The van der Waals surface area contributed by atoms with E-state index < -0.39 is 5.97 Å². The van der Waals surface area contributed by atoms with Crippen LogP contribution in [0, 0.1) is 0 Å². The fourth-order valence-corrected chi connectivity index (χ4v) is 3.37. The zero-order valence-corrected chi connectivity index (χ0v) is 19.9. The monoisotopic (exact) mass is 483 g/mol. The molecule has 0 bridgehead atoms. The maximum Gasteiger partial charge on any atom is 0.335 e. The van der Waals surface area contributed by atoms with Crippen molar-refractivity contribution in [2.24, 2.45) is 4.99 Å². The van der Waals surface area contributed by atoms with Gasteiger partial charge in [-0.25, -0.2) is 4.79 Å². The van der Waals surface area contributed by atoms with Crippen molar-refractivity contribution in [3.63, 3.8) is 0 Å². The van der Waals surface area contributed by atoms with Crippen LogP contribution in [-0.2, 0) is 6.61 Å². The smallest absolute Gasteiger partial charge is 0.335 e. The highest BCUT2D eigenvalue weighted by atomic mass is 16.5. The lowest BCUT2D eigenvalue weighted by Gasteiger charge is -2.13. The number of benzene rings is 4. The summed E-state index contributed by atoms with van der Waals surface area (Å²) in [5.74, 6) is 2.33. The van der Waals surface area contributed by atoms with Gasteiger partial charge in [0, 0.05) is 11.8 Å². The van der Waals surface area contributed by atoms with E-state index in [2.05, 4.69) is 4.99 Å². The first-order valence-electron chi connectivity index (χ1n) is 11.1. The fraction of sp³-hybridized carbons (Fsp3) is 0.103. The molecule has 0 heterocycles. The van der Waals surface area contributed by atoms with E-state index in [1.54, 1.807) is 44.7 Å². The molecule has 0 fully saturated rings. The van der Waals surface area contributed by atoms with Gasteiger partial charge >= 0.3 is 5.97 Å². The first-order valence-corrected chi connectivity index (χ1v) is 11.1. The molecule has 0 saturated heterocycles. The summed E-state index contributed by atoms with van der Waals surface area (Å²) in [6.45, 7) is 0.249. The number of hydrogen-bond acceptors (Lipinski definition) is 6. The Balaban J connectivity index is 1.45. The minimum atomic E-state index is -0.967. The number of aromatic carboxylic acids is 1. The molecular weight excluding hydrogens is 458 g/mol. The zero-order chi connectivity index (χ0) is 25.3. The van der Waals surface area contributed by atoms with E-state index in [0.29, 0.717) is 23.0 Å². The van der Waals surface area contributed by atoms with E-state index in [1.807, 2.05) is 66.7 Å². The van der Waals surface area contributed by atoms with Gasteiger partial charge in [-0.1, -0.05) is 18.2 Å². The molecule has 4 rings (SSSR count). The number of rotatable bonds is 10. The van der Waals surface area contributed by atoms with E-state index in [9.17, 15) is 4.79 Å². The minimum Gasteiger partial charge on any atom is -0.497 e. The molecule has 4 aromatic carbocycles. The second kappa shape index (κ2) is 11.6. The maximum absolute atomic E-state index is 11.1. The predicted octanol–water partition coefficient (Wildman–Crippen LogP) is 6.52. The molecule has 7 heteroatoms. The van der Waals surface area contributed by atoms with Crippen molar-refractivity contribution < 1.29 is 28.8 Å². The Hall–Kier alpha value is -4.78. The Kier molecular flexibility index (Phi) is 7.83. The Labute approximate surface area is 209 Å².